The third kappa shape index (κ3) is 5.88. The lowest BCUT2D eigenvalue weighted by atomic mass is 10.2. The van der Waals surface area contributed by atoms with Crippen LogP contribution in [0.5, 0.6) is 0 Å². The Bertz CT molecular complexity index is 590. The second-order valence-electron chi connectivity index (χ2n) is 4.74. The topological polar surface area (TPSA) is 29.1 Å². The normalized spacial score (nSPS) is 10.7. The molecule has 0 fully saturated rings. The molecule has 0 unspecified atom stereocenters. The number of hydrogen-bond acceptors (Lipinski definition) is 2. The molecule has 2 rings (SSSR count). The second-order valence-corrected chi connectivity index (χ2v) is 5.77. The van der Waals surface area contributed by atoms with Crippen molar-refractivity contribution in [3.05, 3.63) is 71.8 Å². The maximum Gasteiger partial charge on any atom is 0.234 e. The molecule has 0 atom stereocenters. The van der Waals surface area contributed by atoms with Crippen LogP contribution >= 0.6 is 11.8 Å². The van der Waals surface area contributed by atoms with Crippen molar-refractivity contribution in [3.63, 3.8) is 0 Å². The van der Waals surface area contributed by atoms with Gasteiger partial charge in [0.25, 0.3) is 0 Å². The Morgan fingerprint density at radius 2 is 1.81 bits per heavy atom. The van der Waals surface area contributed by atoms with Crippen LogP contribution in [0.25, 0.3) is 6.08 Å². The molecule has 2 nitrogen and oxygen atoms in total. The summed E-state index contributed by atoms with van der Waals surface area (Å²) in [5, 5.41) is 2.89. The molecule has 108 valence electrons. The Hall–Kier alpha value is -2.00. The minimum absolute atomic E-state index is 0.0389. The maximum atomic E-state index is 11.8. The van der Waals surface area contributed by atoms with Gasteiger partial charge in [-0.25, -0.2) is 0 Å². The highest BCUT2D eigenvalue weighted by molar-refractivity contribution is 8.00. The van der Waals surface area contributed by atoms with Crippen molar-refractivity contribution in [2.24, 2.45) is 0 Å². The van der Waals surface area contributed by atoms with Gasteiger partial charge in [0.2, 0.25) is 5.91 Å². The van der Waals surface area contributed by atoms with Gasteiger partial charge in [0.1, 0.15) is 0 Å². The van der Waals surface area contributed by atoms with Crippen molar-refractivity contribution in [1.82, 2.24) is 0 Å². The molecule has 0 heterocycles. The first kappa shape index (κ1) is 15.4. The fourth-order valence-electron chi connectivity index (χ4n) is 1.80. The van der Waals surface area contributed by atoms with Gasteiger partial charge < -0.3 is 5.32 Å². The first-order chi connectivity index (χ1) is 10.2. The number of carbonyl (C=O) groups is 1. The van der Waals surface area contributed by atoms with E-state index in [2.05, 4.69) is 29.6 Å². The zero-order valence-corrected chi connectivity index (χ0v) is 12.9. The quantitative estimate of drug-likeness (QED) is 0.802. The molecule has 0 radical (unpaired) electrons. The van der Waals surface area contributed by atoms with E-state index in [9.17, 15) is 4.79 Å². The summed E-state index contributed by atoms with van der Waals surface area (Å²) in [7, 11) is 0. The van der Waals surface area contributed by atoms with Gasteiger partial charge in [-0.15, -0.1) is 11.8 Å². The van der Waals surface area contributed by atoms with Gasteiger partial charge in [-0.3, -0.25) is 4.79 Å². The fourth-order valence-corrected chi connectivity index (χ4v) is 2.41. The predicted octanol–water partition coefficient (Wildman–Crippen LogP) is 4.38. The smallest absolute Gasteiger partial charge is 0.234 e. The molecule has 2 aromatic carbocycles. The molecule has 0 spiro atoms. The molecule has 21 heavy (non-hydrogen) atoms. The first-order valence-corrected chi connectivity index (χ1v) is 8.05. The number of thioether (sulfide) groups is 1. The van der Waals surface area contributed by atoms with E-state index in [-0.39, 0.29) is 5.91 Å². The predicted molar refractivity (Wildman–Crippen MR) is 92.6 cm³/mol. The van der Waals surface area contributed by atoms with E-state index in [4.69, 9.17) is 0 Å². The van der Waals surface area contributed by atoms with Crippen molar-refractivity contribution >= 4 is 29.4 Å². The van der Waals surface area contributed by atoms with E-state index in [1.54, 1.807) is 11.8 Å². The van der Waals surface area contributed by atoms with Gasteiger partial charge >= 0.3 is 0 Å². The van der Waals surface area contributed by atoms with Crippen LogP contribution in [0, 0.1) is 6.92 Å². The van der Waals surface area contributed by atoms with E-state index in [0.717, 1.165) is 11.4 Å². The Morgan fingerprint density at radius 1 is 1.10 bits per heavy atom. The highest BCUT2D eigenvalue weighted by atomic mass is 32.2. The highest BCUT2D eigenvalue weighted by Crippen LogP contribution is 2.10. The lowest BCUT2D eigenvalue weighted by Crippen LogP contribution is -2.14. The summed E-state index contributed by atoms with van der Waals surface area (Å²) in [6.45, 7) is 2.03. The second kappa shape index (κ2) is 8.32. The minimum atomic E-state index is 0.0389. The summed E-state index contributed by atoms with van der Waals surface area (Å²) < 4.78 is 0. The van der Waals surface area contributed by atoms with Crippen molar-refractivity contribution in [3.8, 4) is 0 Å². The number of amides is 1. The Kier molecular flexibility index (Phi) is 6.10. The number of nitrogens with one attached hydrogen (secondary N) is 1. The van der Waals surface area contributed by atoms with E-state index in [1.807, 2.05) is 49.4 Å². The Morgan fingerprint density at radius 3 is 2.52 bits per heavy atom. The van der Waals surface area contributed by atoms with Gasteiger partial charge in [-0.1, -0.05) is 60.2 Å². The standard InChI is InChI=1S/C18H19NOS/c1-15-9-11-17(12-10-15)19-18(20)14-21-13-5-8-16-6-3-2-4-7-16/h2-12H,13-14H2,1H3,(H,19,20)/b8-5+. The van der Waals surface area contributed by atoms with Crippen LogP contribution in [0.1, 0.15) is 11.1 Å². The third-order valence-electron chi connectivity index (χ3n) is 2.89. The number of anilines is 1. The van der Waals surface area contributed by atoms with Crippen LogP contribution < -0.4 is 5.32 Å². The summed E-state index contributed by atoms with van der Waals surface area (Å²) in [6, 6.07) is 18.0. The molecule has 1 amide bonds. The average molecular weight is 297 g/mol. The summed E-state index contributed by atoms with van der Waals surface area (Å²) in [5.41, 5.74) is 3.22. The molecule has 0 saturated carbocycles. The van der Waals surface area contributed by atoms with Crippen molar-refractivity contribution in [1.29, 1.82) is 0 Å². The van der Waals surface area contributed by atoms with E-state index < -0.39 is 0 Å². The Labute approximate surface area is 130 Å². The van der Waals surface area contributed by atoms with Gasteiger partial charge in [0.05, 0.1) is 5.75 Å². The molecule has 0 bridgehead atoms. The summed E-state index contributed by atoms with van der Waals surface area (Å²) in [6.07, 6.45) is 4.16. The summed E-state index contributed by atoms with van der Waals surface area (Å²) >= 11 is 1.60. The zero-order chi connectivity index (χ0) is 14.9. The number of carbonyl (C=O) groups excluding carboxylic acids is 1. The van der Waals surface area contributed by atoms with E-state index in [1.165, 1.54) is 11.1 Å². The zero-order valence-electron chi connectivity index (χ0n) is 12.1. The molecule has 2 aromatic rings. The number of aryl methyl sites for hydroxylation is 1. The molecular formula is C18H19NOS. The van der Waals surface area contributed by atoms with Gasteiger partial charge in [-0.2, -0.15) is 0 Å². The largest absolute Gasteiger partial charge is 0.325 e. The molecule has 3 heteroatoms. The molecule has 0 aliphatic heterocycles. The Balaban J connectivity index is 1.67. The molecule has 0 aromatic heterocycles. The summed E-state index contributed by atoms with van der Waals surface area (Å²) in [5.74, 6) is 1.33. The minimum Gasteiger partial charge on any atom is -0.325 e. The molecular weight excluding hydrogens is 278 g/mol. The third-order valence-corrected chi connectivity index (χ3v) is 3.79. The monoisotopic (exact) mass is 297 g/mol. The van der Waals surface area contributed by atoms with Crippen LogP contribution in [-0.2, 0) is 4.79 Å². The van der Waals surface area contributed by atoms with Gasteiger partial charge in [-0.05, 0) is 24.6 Å². The van der Waals surface area contributed by atoms with Crippen LogP contribution in [-0.4, -0.2) is 17.4 Å². The lowest BCUT2D eigenvalue weighted by Gasteiger charge is -2.04. The molecule has 1 N–H and O–H groups in total. The van der Waals surface area contributed by atoms with Crippen molar-refractivity contribution < 1.29 is 4.79 Å². The molecule has 0 saturated heterocycles. The van der Waals surface area contributed by atoms with Crippen molar-refractivity contribution in [2.45, 2.75) is 6.92 Å². The molecule has 0 aliphatic carbocycles. The number of rotatable bonds is 6. The summed E-state index contributed by atoms with van der Waals surface area (Å²) in [4.78, 5) is 11.8. The average Bonchev–Trinajstić information content (AvgIpc) is 2.50. The number of benzene rings is 2. The van der Waals surface area contributed by atoms with Crippen LogP contribution in [0.2, 0.25) is 0 Å². The van der Waals surface area contributed by atoms with Crippen molar-refractivity contribution in [2.75, 3.05) is 16.8 Å². The van der Waals surface area contributed by atoms with E-state index in [0.29, 0.717) is 5.75 Å². The molecule has 0 aliphatic rings. The van der Waals surface area contributed by atoms with Crippen LogP contribution in [0.15, 0.2) is 60.7 Å². The van der Waals surface area contributed by atoms with E-state index >= 15 is 0 Å². The maximum absolute atomic E-state index is 11.8. The van der Waals surface area contributed by atoms with Gasteiger partial charge in [0.15, 0.2) is 0 Å². The fraction of sp³-hybridized carbons (Fsp3) is 0.167. The number of hydrogen-bond donors (Lipinski definition) is 1. The lowest BCUT2D eigenvalue weighted by molar-refractivity contribution is -0.113. The highest BCUT2D eigenvalue weighted by Gasteiger charge is 2.01. The van der Waals surface area contributed by atoms with Crippen LogP contribution in [0.3, 0.4) is 0 Å². The van der Waals surface area contributed by atoms with Crippen LogP contribution in [0.4, 0.5) is 5.69 Å². The van der Waals surface area contributed by atoms with Gasteiger partial charge in [0, 0.05) is 11.4 Å². The SMILES string of the molecule is Cc1ccc(NC(=O)CSC/C=C/c2ccccc2)cc1. The first-order valence-electron chi connectivity index (χ1n) is 6.90.